The van der Waals surface area contributed by atoms with Crippen LogP contribution < -0.4 is 10.5 Å². The lowest BCUT2D eigenvalue weighted by atomic mass is 10.1. The maximum Gasteiger partial charge on any atom is 0.412 e. The molecule has 128 valence electrons. The first kappa shape index (κ1) is 16.8. The van der Waals surface area contributed by atoms with E-state index in [4.69, 9.17) is 26.5 Å². The van der Waals surface area contributed by atoms with E-state index in [-0.39, 0.29) is 16.3 Å². The van der Waals surface area contributed by atoms with Crippen LogP contribution in [0.5, 0.6) is 5.75 Å². The van der Waals surface area contributed by atoms with Gasteiger partial charge in [-0.3, -0.25) is 0 Å². The van der Waals surface area contributed by atoms with Crippen molar-refractivity contribution in [1.82, 2.24) is 0 Å². The first-order valence-electron chi connectivity index (χ1n) is 6.98. The fraction of sp³-hybridized carbons (Fsp3) is 0.0588. The normalized spacial score (nSPS) is 10.7. The van der Waals surface area contributed by atoms with Crippen LogP contribution in [-0.2, 0) is 4.74 Å². The van der Waals surface area contributed by atoms with E-state index in [2.05, 4.69) is 4.74 Å². The van der Waals surface area contributed by atoms with Crippen LogP contribution >= 0.6 is 11.6 Å². The van der Waals surface area contributed by atoms with Crippen LogP contribution in [0.4, 0.5) is 9.18 Å². The highest BCUT2D eigenvalue weighted by Crippen LogP contribution is 2.37. The number of carbonyl (C=O) groups excluding carboxylic acids is 2. The van der Waals surface area contributed by atoms with E-state index < -0.39 is 17.9 Å². The molecule has 1 heterocycles. The van der Waals surface area contributed by atoms with Gasteiger partial charge < -0.3 is 19.6 Å². The van der Waals surface area contributed by atoms with Gasteiger partial charge >= 0.3 is 12.1 Å². The maximum absolute atomic E-state index is 13.4. The Morgan fingerprint density at radius 1 is 1.20 bits per heavy atom. The first-order chi connectivity index (χ1) is 11.9. The third-order valence-electron chi connectivity index (χ3n) is 3.47. The number of ether oxygens (including phenoxy) is 2. The number of benzene rings is 2. The van der Waals surface area contributed by atoms with Crippen molar-refractivity contribution in [2.45, 2.75) is 0 Å². The minimum Gasteiger partial charge on any atom is -0.497 e. The number of halogens is 2. The van der Waals surface area contributed by atoms with E-state index in [0.717, 1.165) is 6.07 Å². The lowest BCUT2D eigenvalue weighted by Gasteiger charge is -2.04. The van der Waals surface area contributed by atoms with Gasteiger partial charge in [0.1, 0.15) is 28.5 Å². The van der Waals surface area contributed by atoms with Gasteiger partial charge in [-0.05, 0) is 36.4 Å². The number of methoxy groups -OCH3 is 1. The number of hydrogen-bond acceptors (Lipinski definition) is 5. The molecule has 1 aromatic heterocycles. The fourth-order valence-electron chi connectivity index (χ4n) is 2.39. The first-order valence-corrected chi connectivity index (χ1v) is 7.36. The molecule has 0 saturated heterocycles. The Bertz CT molecular complexity index is 998. The number of esters is 1. The molecule has 25 heavy (non-hydrogen) atoms. The maximum atomic E-state index is 13.4. The average Bonchev–Trinajstić information content (AvgIpc) is 2.95. The summed E-state index contributed by atoms with van der Waals surface area (Å²) < 4.78 is 28.7. The van der Waals surface area contributed by atoms with Gasteiger partial charge in [-0.1, -0.05) is 11.6 Å². The van der Waals surface area contributed by atoms with Crippen LogP contribution in [0, 0.1) is 5.82 Å². The average molecular weight is 364 g/mol. The predicted molar refractivity (Wildman–Crippen MR) is 88.2 cm³/mol. The van der Waals surface area contributed by atoms with E-state index in [0.29, 0.717) is 22.3 Å². The molecule has 1 amide bonds. The molecule has 6 nitrogen and oxygen atoms in total. The Hall–Kier alpha value is -3.06. The van der Waals surface area contributed by atoms with Gasteiger partial charge in [0, 0.05) is 10.9 Å². The summed E-state index contributed by atoms with van der Waals surface area (Å²) in [5.41, 5.74) is 5.55. The number of hydrogen-bond donors (Lipinski definition) is 1. The zero-order valence-electron chi connectivity index (χ0n) is 12.8. The van der Waals surface area contributed by atoms with Gasteiger partial charge in [0.05, 0.1) is 12.1 Å². The number of primary amides is 1. The second kappa shape index (κ2) is 6.45. The third kappa shape index (κ3) is 3.14. The van der Waals surface area contributed by atoms with E-state index in [9.17, 15) is 14.0 Å². The van der Waals surface area contributed by atoms with Crippen LogP contribution in [0.25, 0.3) is 22.3 Å². The number of carbonyl (C=O) groups is 2. The summed E-state index contributed by atoms with van der Waals surface area (Å²) in [7, 11) is 1.46. The Kier molecular flexibility index (Phi) is 4.33. The second-order valence-corrected chi connectivity index (χ2v) is 5.41. The Balaban J connectivity index is 2.27. The summed E-state index contributed by atoms with van der Waals surface area (Å²) in [4.78, 5) is 23.3. The predicted octanol–water partition coefficient (Wildman–Crippen LogP) is 4.14. The van der Waals surface area contributed by atoms with Crippen molar-refractivity contribution in [2.75, 3.05) is 7.11 Å². The topological polar surface area (TPSA) is 91.8 Å². The summed E-state index contributed by atoms with van der Waals surface area (Å²) in [6, 6.07) is 8.59. The van der Waals surface area contributed by atoms with E-state index in [1.165, 1.54) is 19.2 Å². The Morgan fingerprint density at radius 2 is 1.96 bits per heavy atom. The highest BCUT2D eigenvalue weighted by molar-refractivity contribution is 6.31. The van der Waals surface area contributed by atoms with Crippen molar-refractivity contribution in [3.05, 3.63) is 52.8 Å². The number of furan rings is 1. The minimum absolute atomic E-state index is 0.0459. The SMILES string of the molecule is COc1ccc2oc(-c3ccc(F)c(Cl)c3)c(C(=O)OC(N)=O)c2c1. The van der Waals surface area contributed by atoms with Gasteiger partial charge in [0.25, 0.3) is 0 Å². The minimum atomic E-state index is -1.26. The van der Waals surface area contributed by atoms with Gasteiger partial charge in [-0.15, -0.1) is 0 Å². The molecule has 0 bridgehead atoms. The molecule has 0 saturated carbocycles. The summed E-state index contributed by atoms with van der Waals surface area (Å²) in [6.45, 7) is 0. The molecule has 0 unspecified atom stereocenters. The number of amides is 1. The number of rotatable bonds is 3. The molecule has 3 rings (SSSR count). The van der Waals surface area contributed by atoms with Crippen LogP contribution in [0.2, 0.25) is 5.02 Å². The van der Waals surface area contributed by atoms with E-state index >= 15 is 0 Å². The van der Waals surface area contributed by atoms with Crippen molar-refractivity contribution in [3.8, 4) is 17.1 Å². The highest BCUT2D eigenvalue weighted by Gasteiger charge is 2.25. The Morgan fingerprint density at radius 3 is 2.60 bits per heavy atom. The fourth-order valence-corrected chi connectivity index (χ4v) is 2.57. The lowest BCUT2D eigenvalue weighted by Crippen LogP contribution is -2.18. The van der Waals surface area contributed by atoms with Crippen LogP contribution in [-0.4, -0.2) is 19.2 Å². The molecule has 0 spiro atoms. The standard InChI is InChI=1S/C17H11ClFNO5/c1-23-9-3-5-13-10(7-9)14(16(21)25-17(20)22)15(24-13)8-2-4-12(19)11(18)6-8/h2-7H,1H3,(H2,20,22). The smallest absolute Gasteiger partial charge is 0.412 e. The molecule has 0 aliphatic carbocycles. The molecule has 0 radical (unpaired) electrons. The zero-order chi connectivity index (χ0) is 18.1. The van der Waals surface area contributed by atoms with Gasteiger partial charge in [-0.25, -0.2) is 14.0 Å². The molecule has 3 aromatic rings. The molecule has 0 fully saturated rings. The molecule has 0 aliphatic heterocycles. The van der Waals surface area contributed by atoms with E-state index in [1.807, 2.05) is 0 Å². The van der Waals surface area contributed by atoms with Crippen LogP contribution in [0.15, 0.2) is 40.8 Å². The third-order valence-corrected chi connectivity index (χ3v) is 3.76. The Labute approximate surface area is 145 Å². The van der Waals surface area contributed by atoms with Crippen molar-refractivity contribution in [3.63, 3.8) is 0 Å². The lowest BCUT2D eigenvalue weighted by molar-refractivity contribution is 0.0640. The molecule has 2 N–H and O–H groups in total. The zero-order valence-corrected chi connectivity index (χ0v) is 13.6. The number of fused-ring (bicyclic) bond motifs is 1. The second-order valence-electron chi connectivity index (χ2n) is 5.01. The van der Waals surface area contributed by atoms with Crippen molar-refractivity contribution < 1.29 is 27.9 Å². The van der Waals surface area contributed by atoms with Gasteiger partial charge in [0.15, 0.2) is 0 Å². The summed E-state index contributed by atoms with van der Waals surface area (Å²) in [6.07, 6.45) is -1.26. The monoisotopic (exact) mass is 363 g/mol. The quantitative estimate of drug-likeness (QED) is 0.557. The van der Waals surface area contributed by atoms with Gasteiger partial charge in [0.2, 0.25) is 0 Å². The molecular weight excluding hydrogens is 353 g/mol. The molecular formula is C17H11ClFNO5. The largest absolute Gasteiger partial charge is 0.497 e. The molecule has 8 heteroatoms. The molecule has 0 atom stereocenters. The highest BCUT2D eigenvalue weighted by atomic mass is 35.5. The van der Waals surface area contributed by atoms with Crippen LogP contribution in [0.1, 0.15) is 10.4 Å². The van der Waals surface area contributed by atoms with Crippen molar-refractivity contribution in [2.24, 2.45) is 5.73 Å². The van der Waals surface area contributed by atoms with Crippen molar-refractivity contribution >= 4 is 34.6 Å². The molecule has 0 aliphatic rings. The van der Waals surface area contributed by atoms with Crippen molar-refractivity contribution in [1.29, 1.82) is 0 Å². The van der Waals surface area contributed by atoms with E-state index in [1.54, 1.807) is 18.2 Å². The molecule has 2 aromatic carbocycles. The summed E-state index contributed by atoms with van der Waals surface area (Å²) in [5, 5.41) is 0.200. The summed E-state index contributed by atoms with van der Waals surface area (Å²) in [5.74, 6) is -1.10. The number of nitrogens with two attached hydrogens (primary N) is 1. The van der Waals surface area contributed by atoms with Crippen LogP contribution in [0.3, 0.4) is 0 Å². The van der Waals surface area contributed by atoms with Gasteiger partial charge in [-0.2, -0.15) is 0 Å². The summed E-state index contributed by atoms with van der Waals surface area (Å²) >= 11 is 5.80.